The van der Waals surface area contributed by atoms with Gasteiger partial charge in [0.2, 0.25) is 0 Å². The highest BCUT2D eigenvalue weighted by Crippen LogP contribution is 2.29. The molecule has 1 aliphatic carbocycles. The maximum absolute atomic E-state index is 8.87. The largest absolute Gasteiger partial charge is 0.396 e. The lowest BCUT2D eigenvalue weighted by atomic mass is 10.0. The Kier molecular flexibility index (Phi) is 5.21. The van der Waals surface area contributed by atoms with Gasteiger partial charge in [-0.05, 0) is 43.7 Å². The van der Waals surface area contributed by atoms with E-state index in [1.54, 1.807) is 0 Å². The molecule has 1 aliphatic rings. The highest BCUT2D eigenvalue weighted by atomic mass is 16.2. The molecule has 18 heavy (non-hydrogen) atoms. The molecule has 0 spiro atoms. The minimum absolute atomic E-state index is 0.326. The van der Waals surface area contributed by atoms with E-state index in [9.17, 15) is 0 Å². The molecule has 1 atom stereocenters. The molecule has 2 nitrogen and oxygen atoms in total. The van der Waals surface area contributed by atoms with Crippen molar-refractivity contribution in [3.63, 3.8) is 0 Å². The second-order valence-electron chi connectivity index (χ2n) is 5.47. The van der Waals surface area contributed by atoms with Crippen LogP contribution in [-0.2, 0) is 0 Å². The van der Waals surface area contributed by atoms with E-state index in [1.165, 1.54) is 18.4 Å². The van der Waals surface area contributed by atoms with Gasteiger partial charge in [0.05, 0.1) is 0 Å². The maximum atomic E-state index is 8.87. The average Bonchev–Trinajstić information content (AvgIpc) is 3.23. The first kappa shape index (κ1) is 13.6. The van der Waals surface area contributed by atoms with Crippen LogP contribution < -0.4 is 0 Å². The normalized spacial score (nSPS) is 17.1. The topological polar surface area (TPSA) is 23.5 Å². The Morgan fingerprint density at radius 1 is 1.22 bits per heavy atom. The SMILES string of the molecule is CC(CN(CCCCO)C1CC1)c1ccccc1. The Hall–Kier alpha value is -0.860. The highest BCUT2D eigenvalue weighted by molar-refractivity contribution is 5.19. The van der Waals surface area contributed by atoms with E-state index in [2.05, 4.69) is 42.2 Å². The standard InChI is InChI=1S/C16H25NO/c1-14(15-7-3-2-4-8-15)13-17(16-9-10-16)11-5-6-12-18/h2-4,7-8,14,16,18H,5-6,9-13H2,1H3. The lowest BCUT2D eigenvalue weighted by molar-refractivity contribution is 0.227. The van der Waals surface area contributed by atoms with Crippen LogP contribution >= 0.6 is 0 Å². The molecule has 0 heterocycles. The zero-order chi connectivity index (χ0) is 12.8. The van der Waals surface area contributed by atoms with E-state index < -0.39 is 0 Å². The molecule has 2 rings (SSSR count). The van der Waals surface area contributed by atoms with Crippen LogP contribution in [0.4, 0.5) is 0 Å². The number of aliphatic hydroxyl groups excluding tert-OH is 1. The molecule has 0 bridgehead atoms. The molecule has 1 aromatic rings. The molecule has 1 N–H and O–H groups in total. The van der Waals surface area contributed by atoms with Gasteiger partial charge in [0.25, 0.3) is 0 Å². The van der Waals surface area contributed by atoms with Gasteiger partial charge in [-0.2, -0.15) is 0 Å². The van der Waals surface area contributed by atoms with E-state index in [1.807, 2.05) is 0 Å². The summed E-state index contributed by atoms with van der Waals surface area (Å²) in [6.07, 6.45) is 4.78. The van der Waals surface area contributed by atoms with Crippen LogP contribution in [0.15, 0.2) is 30.3 Å². The summed E-state index contributed by atoms with van der Waals surface area (Å²) in [7, 11) is 0. The lowest BCUT2D eigenvalue weighted by Crippen LogP contribution is -2.31. The number of hydrogen-bond donors (Lipinski definition) is 1. The third kappa shape index (κ3) is 4.11. The van der Waals surface area contributed by atoms with Crippen LogP contribution in [0.5, 0.6) is 0 Å². The first-order valence-electron chi connectivity index (χ1n) is 7.21. The minimum atomic E-state index is 0.326. The van der Waals surface area contributed by atoms with E-state index in [0.717, 1.165) is 32.0 Å². The molecule has 0 saturated heterocycles. The van der Waals surface area contributed by atoms with Crippen molar-refractivity contribution in [1.82, 2.24) is 4.90 Å². The summed E-state index contributed by atoms with van der Waals surface area (Å²) in [5.74, 6) is 0.598. The Bertz CT molecular complexity index is 334. The second kappa shape index (κ2) is 6.91. The van der Waals surface area contributed by atoms with Crippen LogP contribution in [-0.4, -0.2) is 35.7 Å². The Labute approximate surface area is 111 Å². The van der Waals surface area contributed by atoms with E-state index >= 15 is 0 Å². The third-order valence-electron chi connectivity index (χ3n) is 3.79. The fourth-order valence-electron chi connectivity index (χ4n) is 2.53. The predicted octanol–water partition coefficient (Wildman–Crippen LogP) is 3.03. The summed E-state index contributed by atoms with van der Waals surface area (Å²) >= 11 is 0. The van der Waals surface area contributed by atoms with Crippen LogP contribution in [0.25, 0.3) is 0 Å². The average molecular weight is 247 g/mol. The van der Waals surface area contributed by atoms with Crippen LogP contribution in [0.1, 0.15) is 44.1 Å². The second-order valence-corrected chi connectivity index (χ2v) is 5.47. The van der Waals surface area contributed by atoms with Gasteiger partial charge in [-0.1, -0.05) is 37.3 Å². The van der Waals surface area contributed by atoms with Gasteiger partial charge >= 0.3 is 0 Å². The quantitative estimate of drug-likeness (QED) is 0.714. The predicted molar refractivity (Wildman–Crippen MR) is 75.8 cm³/mol. The molecule has 0 radical (unpaired) electrons. The van der Waals surface area contributed by atoms with Crippen LogP contribution in [0.3, 0.4) is 0 Å². The van der Waals surface area contributed by atoms with Gasteiger partial charge in [0.1, 0.15) is 0 Å². The number of unbranched alkanes of at least 4 members (excludes halogenated alkanes) is 1. The molecule has 2 heteroatoms. The first-order chi connectivity index (χ1) is 8.81. The molecule has 0 aliphatic heterocycles. The monoisotopic (exact) mass is 247 g/mol. The molecule has 1 fully saturated rings. The fourth-order valence-corrected chi connectivity index (χ4v) is 2.53. The molecule has 0 amide bonds. The molecule has 1 aromatic carbocycles. The third-order valence-corrected chi connectivity index (χ3v) is 3.79. The van der Waals surface area contributed by atoms with Gasteiger partial charge < -0.3 is 5.11 Å². The molecule has 1 saturated carbocycles. The van der Waals surface area contributed by atoms with Gasteiger partial charge in [-0.3, -0.25) is 4.90 Å². The molecular weight excluding hydrogens is 222 g/mol. The summed E-state index contributed by atoms with van der Waals surface area (Å²) in [6.45, 7) is 4.94. The van der Waals surface area contributed by atoms with Crippen molar-refractivity contribution in [3.05, 3.63) is 35.9 Å². The van der Waals surface area contributed by atoms with Gasteiger partial charge in [0, 0.05) is 19.2 Å². The first-order valence-corrected chi connectivity index (χ1v) is 7.21. The van der Waals surface area contributed by atoms with Crippen molar-refractivity contribution in [1.29, 1.82) is 0 Å². The van der Waals surface area contributed by atoms with Crippen molar-refractivity contribution in [2.75, 3.05) is 19.7 Å². The maximum Gasteiger partial charge on any atom is 0.0431 e. The van der Waals surface area contributed by atoms with Gasteiger partial charge in [0.15, 0.2) is 0 Å². The number of benzene rings is 1. The lowest BCUT2D eigenvalue weighted by Gasteiger charge is -2.25. The Balaban J connectivity index is 1.84. The smallest absolute Gasteiger partial charge is 0.0431 e. The van der Waals surface area contributed by atoms with Crippen molar-refractivity contribution in [2.45, 2.75) is 44.6 Å². The zero-order valence-electron chi connectivity index (χ0n) is 11.4. The van der Waals surface area contributed by atoms with E-state index in [-0.39, 0.29) is 0 Å². The van der Waals surface area contributed by atoms with Gasteiger partial charge in [-0.15, -0.1) is 0 Å². The van der Waals surface area contributed by atoms with E-state index in [0.29, 0.717) is 12.5 Å². The number of rotatable bonds is 8. The fraction of sp³-hybridized carbons (Fsp3) is 0.625. The number of nitrogens with zero attached hydrogens (tertiary/aromatic N) is 1. The van der Waals surface area contributed by atoms with Crippen LogP contribution in [0.2, 0.25) is 0 Å². The summed E-state index contributed by atoms with van der Waals surface area (Å²) in [5.41, 5.74) is 1.44. The van der Waals surface area contributed by atoms with E-state index in [4.69, 9.17) is 5.11 Å². The minimum Gasteiger partial charge on any atom is -0.396 e. The molecule has 100 valence electrons. The van der Waals surface area contributed by atoms with Crippen molar-refractivity contribution < 1.29 is 5.11 Å². The molecular formula is C16H25NO. The van der Waals surface area contributed by atoms with Gasteiger partial charge in [-0.25, -0.2) is 0 Å². The summed E-state index contributed by atoms with van der Waals surface area (Å²) in [6, 6.07) is 11.6. The Morgan fingerprint density at radius 3 is 2.56 bits per heavy atom. The van der Waals surface area contributed by atoms with Crippen LogP contribution in [0, 0.1) is 0 Å². The van der Waals surface area contributed by atoms with Crippen molar-refractivity contribution in [2.24, 2.45) is 0 Å². The van der Waals surface area contributed by atoms with Crippen molar-refractivity contribution >= 4 is 0 Å². The molecule has 0 aromatic heterocycles. The molecule has 1 unspecified atom stereocenters. The summed E-state index contributed by atoms with van der Waals surface area (Å²) < 4.78 is 0. The summed E-state index contributed by atoms with van der Waals surface area (Å²) in [5, 5.41) is 8.87. The van der Waals surface area contributed by atoms with Crippen molar-refractivity contribution in [3.8, 4) is 0 Å². The Morgan fingerprint density at radius 2 is 1.94 bits per heavy atom. The highest BCUT2D eigenvalue weighted by Gasteiger charge is 2.29. The number of aliphatic hydroxyl groups is 1. The zero-order valence-corrected chi connectivity index (χ0v) is 11.4. The number of hydrogen-bond acceptors (Lipinski definition) is 2. The summed E-state index contributed by atoms with van der Waals surface area (Å²) in [4.78, 5) is 2.62.